The molecular formula is C10H11Cl2N5S. The van der Waals surface area contributed by atoms with Crippen LogP contribution < -0.4 is 10.6 Å². The standard InChI is InChI=1S/C10H11Cl2N5S/c1-5(6-3-4-7(11)18-6)14-10-16-8(12)15-9(13-2)17-10/h3-5H,1-2H3,(H2,13,14,15,16,17). The highest BCUT2D eigenvalue weighted by molar-refractivity contribution is 7.16. The zero-order valence-corrected chi connectivity index (χ0v) is 12.1. The predicted octanol–water partition coefficient (Wildman–Crippen LogP) is 3.45. The fraction of sp³-hybridized carbons (Fsp3) is 0.300. The van der Waals surface area contributed by atoms with Crippen LogP contribution in [-0.2, 0) is 0 Å². The molecule has 8 heteroatoms. The van der Waals surface area contributed by atoms with Crippen LogP contribution in [0.15, 0.2) is 12.1 Å². The van der Waals surface area contributed by atoms with Crippen LogP contribution in [-0.4, -0.2) is 22.0 Å². The molecule has 0 spiro atoms. The Balaban J connectivity index is 2.16. The molecule has 0 bridgehead atoms. The number of nitrogens with one attached hydrogen (secondary N) is 2. The molecule has 1 unspecified atom stereocenters. The van der Waals surface area contributed by atoms with Gasteiger partial charge in [0.05, 0.1) is 10.4 Å². The highest BCUT2D eigenvalue weighted by Gasteiger charge is 2.11. The van der Waals surface area contributed by atoms with Gasteiger partial charge in [-0.25, -0.2) is 0 Å². The van der Waals surface area contributed by atoms with Crippen molar-refractivity contribution < 1.29 is 0 Å². The van der Waals surface area contributed by atoms with Crippen molar-refractivity contribution in [3.63, 3.8) is 0 Å². The first-order valence-corrected chi connectivity index (χ1v) is 6.77. The molecule has 0 amide bonds. The van der Waals surface area contributed by atoms with Gasteiger partial charge in [-0.2, -0.15) is 15.0 Å². The zero-order chi connectivity index (χ0) is 13.1. The maximum atomic E-state index is 5.90. The quantitative estimate of drug-likeness (QED) is 0.906. The Bertz CT molecular complexity index is 545. The lowest BCUT2D eigenvalue weighted by Crippen LogP contribution is -2.10. The largest absolute Gasteiger partial charge is 0.357 e. The molecule has 0 saturated carbocycles. The molecule has 0 aliphatic heterocycles. The van der Waals surface area contributed by atoms with Gasteiger partial charge in [0.1, 0.15) is 0 Å². The summed E-state index contributed by atoms with van der Waals surface area (Å²) in [5.74, 6) is 0.852. The molecule has 1 atom stereocenters. The van der Waals surface area contributed by atoms with E-state index >= 15 is 0 Å². The molecule has 0 fully saturated rings. The summed E-state index contributed by atoms with van der Waals surface area (Å²) in [6, 6.07) is 3.87. The van der Waals surface area contributed by atoms with Gasteiger partial charge in [-0.3, -0.25) is 0 Å². The molecule has 2 aromatic heterocycles. The number of hydrogen-bond acceptors (Lipinski definition) is 6. The molecule has 2 aromatic rings. The van der Waals surface area contributed by atoms with Gasteiger partial charge in [0.2, 0.25) is 17.2 Å². The summed E-state index contributed by atoms with van der Waals surface area (Å²) in [6.07, 6.45) is 0. The minimum atomic E-state index is 0.0469. The molecule has 0 aliphatic rings. The fourth-order valence-electron chi connectivity index (χ4n) is 1.35. The van der Waals surface area contributed by atoms with Gasteiger partial charge < -0.3 is 10.6 Å². The van der Waals surface area contributed by atoms with Crippen LogP contribution in [0.1, 0.15) is 17.8 Å². The Morgan fingerprint density at radius 2 is 1.89 bits per heavy atom. The maximum absolute atomic E-state index is 5.90. The lowest BCUT2D eigenvalue weighted by atomic mass is 10.3. The molecule has 0 aromatic carbocycles. The van der Waals surface area contributed by atoms with Crippen molar-refractivity contribution in [2.45, 2.75) is 13.0 Å². The van der Waals surface area contributed by atoms with Crippen LogP contribution in [0.25, 0.3) is 0 Å². The minimum absolute atomic E-state index is 0.0469. The Morgan fingerprint density at radius 3 is 2.50 bits per heavy atom. The molecule has 96 valence electrons. The summed E-state index contributed by atoms with van der Waals surface area (Å²) in [7, 11) is 1.72. The number of nitrogens with zero attached hydrogens (tertiary/aromatic N) is 3. The lowest BCUT2D eigenvalue weighted by molar-refractivity contribution is 0.872. The number of halogens is 2. The molecule has 2 heterocycles. The van der Waals surface area contributed by atoms with Crippen LogP contribution in [0, 0.1) is 0 Å². The van der Waals surface area contributed by atoms with Gasteiger partial charge in [-0.1, -0.05) is 11.6 Å². The van der Waals surface area contributed by atoms with E-state index in [1.54, 1.807) is 7.05 Å². The van der Waals surface area contributed by atoms with E-state index in [0.29, 0.717) is 11.9 Å². The van der Waals surface area contributed by atoms with Gasteiger partial charge in [-0.05, 0) is 30.7 Å². The monoisotopic (exact) mass is 303 g/mol. The Kier molecular flexibility index (Phi) is 4.21. The number of hydrogen-bond donors (Lipinski definition) is 2. The van der Waals surface area contributed by atoms with E-state index in [9.17, 15) is 0 Å². The predicted molar refractivity (Wildman–Crippen MR) is 75.8 cm³/mol. The van der Waals surface area contributed by atoms with Crippen molar-refractivity contribution in [2.24, 2.45) is 0 Å². The normalized spacial score (nSPS) is 12.2. The first-order chi connectivity index (χ1) is 8.58. The molecule has 2 N–H and O–H groups in total. The molecule has 18 heavy (non-hydrogen) atoms. The van der Waals surface area contributed by atoms with E-state index in [0.717, 1.165) is 9.21 Å². The van der Waals surface area contributed by atoms with Gasteiger partial charge in [0, 0.05) is 11.9 Å². The summed E-state index contributed by atoms with van der Waals surface area (Å²) in [6.45, 7) is 2.00. The van der Waals surface area contributed by atoms with E-state index in [-0.39, 0.29) is 11.3 Å². The van der Waals surface area contributed by atoms with E-state index in [2.05, 4.69) is 25.6 Å². The average Bonchev–Trinajstić information content (AvgIpc) is 2.75. The van der Waals surface area contributed by atoms with Crippen LogP contribution in [0.5, 0.6) is 0 Å². The van der Waals surface area contributed by atoms with E-state index in [1.807, 2.05) is 19.1 Å². The van der Waals surface area contributed by atoms with Crippen molar-refractivity contribution in [2.75, 3.05) is 17.7 Å². The molecule has 0 saturated heterocycles. The van der Waals surface area contributed by atoms with Crippen LogP contribution in [0.4, 0.5) is 11.9 Å². The van der Waals surface area contributed by atoms with Crippen molar-refractivity contribution in [1.82, 2.24) is 15.0 Å². The summed E-state index contributed by atoms with van der Waals surface area (Å²) < 4.78 is 0.753. The number of aromatic nitrogens is 3. The smallest absolute Gasteiger partial charge is 0.229 e. The van der Waals surface area contributed by atoms with Crippen molar-refractivity contribution in [1.29, 1.82) is 0 Å². The van der Waals surface area contributed by atoms with Gasteiger partial charge >= 0.3 is 0 Å². The molecule has 5 nitrogen and oxygen atoms in total. The van der Waals surface area contributed by atoms with Gasteiger partial charge in [0.15, 0.2) is 0 Å². The Labute approximate surface area is 119 Å². The Morgan fingerprint density at radius 1 is 1.17 bits per heavy atom. The highest BCUT2D eigenvalue weighted by Crippen LogP contribution is 2.28. The second kappa shape index (κ2) is 5.69. The third kappa shape index (κ3) is 3.22. The lowest BCUT2D eigenvalue weighted by Gasteiger charge is -2.12. The average molecular weight is 304 g/mol. The molecule has 0 aliphatic carbocycles. The van der Waals surface area contributed by atoms with Crippen LogP contribution >= 0.6 is 34.5 Å². The zero-order valence-electron chi connectivity index (χ0n) is 9.74. The number of anilines is 2. The maximum Gasteiger partial charge on any atom is 0.229 e. The molecular weight excluding hydrogens is 293 g/mol. The molecule has 2 rings (SSSR count). The molecule has 0 radical (unpaired) electrons. The topological polar surface area (TPSA) is 62.7 Å². The van der Waals surface area contributed by atoms with Crippen molar-refractivity contribution in [3.8, 4) is 0 Å². The van der Waals surface area contributed by atoms with Gasteiger partial charge in [0.25, 0.3) is 0 Å². The van der Waals surface area contributed by atoms with E-state index < -0.39 is 0 Å². The second-order valence-electron chi connectivity index (χ2n) is 3.51. The fourth-order valence-corrected chi connectivity index (χ4v) is 2.58. The van der Waals surface area contributed by atoms with Crippen molar-refractivity contribution in [3.05, 3.63) is 26.6 Å². The summed E-state index contributed by atoms with van der Waals surface area (Å²) >= 11 is 13.2. The number of rotatable bonds is 4. The highest BCUT2D eigenvalue weighted by atomic mass is 35.5. The second-order valence-corrected chi connectivity index (χ2v) is 5.59. The van der Waals surface area contributed by atoms with E-state index in [4.69, 9.17) is 23.2 Å². The van der Waals surface area contributed by atoms with Crippen LogP contribution in [0.2, 0.25) is 9.62 Å². The van der Waals surface area contributed by atoms with E-state index in [1.165, 1.54) is 11.3 Å². The number of thiophene rings is 1. The SMILES string of the molecule is CNc1nc(Cl)nc(NC(C)c2ccc(Cl)s2)n1. The summed E-state index contributed by atoms with van der Waals surface area (Å²) in [5, 5.41) is 6.12. The van der Waals surface area contributed by atoms with Crippen LogP contribution in [0.3, 0.4) is 0 Å². The summed E-state index contributed by atoms with van der Waals surface area (Å²) in [5.41, 5.74) is 0. The minimum Gasteiger partial charge on any atom is -0.357 e. The first-order valence-electron chi connectivity index (χ1n) is 5.19. The van der Waals surface area contributed by atoms with Crippen molar-refractivity contribution >= 4 is 46.4 Å². The first kappa shape index (κ1) is 13.3. The Hall–Kier alpha value is -1.11. The third-order valence-corrected chi connectivity index (χ3v) is 3.78. The summed E-state index contributed by atoms with van der Waals surface area (Å²) in [4.78, 5) is 13.2. The third-order valence-electron chi connectivity index (χ3n) is 2.20. The van der Waals surface area contributed by atoms with Gasteiger partial charge in [-0.15, -0.1) is 11.3 Å².